The van der Waals surface area contributed by atoms with Gasteiger partial charge in [-0.1, -0.05) is 12.1 Å². The Kier molecular flexibility index (Phi) is 3.36. The van der Waals surface area contributed by atoms with Crippen LogP contribution < -0.4 is 11.2 Å². The summed E-state index contributed by atoms with van der Waals surface area (Å²) in [6.07, 6.45) is 0. The zero-order chi connectivity index (χ0) is 9.68. The van der Waals surface area contributed by atoms with Crippen molar-refractivity contribution in [2.24, 2.45) is 5.90 Å². The quantitative estimate of drug-likeness (QED) is 0.678. The number of hydrogen-bond donors (Lipinski definition) is 2. The van der Waals surface area contributed by atoms with Gasteiger partial charge in [0.15, 0.2) is 0 Å². The van der Waals surface area contributed by atoms with E-state index in [1.165, 1.54) is 18.2 Å². The van der Waals surface area contributed by atoms with E-state index < -0.39 is 11.7 Å². The molecular weight excluding hydrogens is 175 g/mol. The van der Waals surface area contributed by atoms with E-state index >= 15 is 0 Å². The van der Waals surface area contributed by atoms with Crippen molar-refractivity contribution in [1.29, 1.82) is 0 Å². The molecule has 0 atom stereocenters. The van der Waals surface area contributed by atoms with Gasteiger partial charge in [0.1, 0.15) is 12.4 Å². The molecule has 1 aromatic rings. The summed E-state index contributed by atoms with van der Waals surface area (Å²) in [6.45, 7) is -0.297. The molecule has 70 valence electrons. The Morgan fingerprint density at radius 1 is 1.54 bits per heavy atom. The molecule has 0 aliphatic heterocycles. The number of anilines is 1. The van der Waals surface area contributed by atoms with E-state index in [0.717, 1.165) is 0 Å². The molecule has 0 aliphatic rings. The van der Waals surface area contributed by atoms with Crippen LogP contribution in [0.3, 0.4) is 0 Å². The van der Waals surface area contributed by atoms with Gasteiger partial charge in [0, 0.05) is 0 Å². The molecule has 5 heteroatoms. The third-order valence-corrected chi connectivity index (χ3v) is 1.36. The molecule has 0 spiro atoms. The number of halogens is 1. The molecule has 0 fully saturated rings. The maximum atomic E-state index is 12.9. The number of carbonyl (C=O) groups excluding carboxylic acids is 1. The summed E-state index contributed by atoms with van der Waals surface area (Å²) in [7, 11) is 0. The van der Waals surface area contributed by atoms with Crippen LogP contribution in [-0.4, -0.2) is 12.5 Å². The summed E-state index contributed by atoms with van der Waals surface area (Å²) < 4.78 is 12.9. The lowest BCUT2D eigenvalue weighted by molar-refractivity contribution is -0.120. The Balaban J connectivity index is 2.63. The van der Waals surface area contributed by atoms with Crippen LogP contribution in [-0.2, 0) is 9.63 Å². The van der Waals surface area contributed by atoms with Crippen LogP contribution in [0.25, 0.3) is 0 Å². The molecule has 3 N–H and O–H groups in total. The standard InChI is InChI=1S/C8H9FN2O2/c9-6-3-1-2-4-7(6)11-8(12)5-13-10/h1-4H,5,10H2,(H,11,12). The highest BCUT2D eigenvalue weighted by Gasteiger charge is 2.04. The van der Waals surface area contributed by atoms with Gasteiger partial charge in [-0.15, -0.1) is 0 Å². The SMILES string of the molecule is NOCC(=O)Nc1ccccc1F. The lowest BCUT2D eigenvalue weighted by atomic mass is 10.3. The van der Waals surface area contributed by atoms with E-state index in [-0.39, 0.29) is 12.3 Å². The topological polar surface area (TPSA) is 64.3 Å². The molecule has 0 aliphatic carbocycles. The molecule has 0 unspecified atom stereocenters. The highest BCUT2D eigenvalue weighted by Crippen LogP contribution is 2.11. The van der Waals surface area contributed by atoms with Crippen molar-refractivity contribution < 1.29 is 14.0 Å². The Bertz CT molecular complexity index is 304. The minimum Gasteiger partial charge on any atom is -0.322 e. The Morgan fingerprint density at radius 3 is 2.85 bits per heavy atom. The third-order valence-electron chi connectivity index (χ3n) is 1.36. The van der Waals surface area contributed by atoms with Crippen molar-refractivity contribution in [2.75, 3.05) is 11.9 Å². The maximum Gasteiger partial charge on any atom is 0.252 e. The van der Waals surface area contributed by atoms with Crippen molar-refractivity contribution in [3.63, 3.8) is 0 Å². The van der Waals surface area contributed by atoms with Gasteiger partial charge in [-0.2, -0.15) is 0 Å². The number of amides is 1. The van der Waals surface area contributed by atoms with Crippen LogP contribution in [0.2, 0.25) is 0 Å². The summed E-state index contributed by atoms with van der Waals surface area (Å²) in [4.78, 5) is 15.0. The molecule has 0 aromatic heterocycles. The van der Waals surface area contributed by atoms with Crippen LogP contribution in [0.4, 0.5) is 10.1 Å². The Hall–Kier alpha value is -1.46. The summed E-state index contributed by atoms with van der Waals surface area (Å²) in [6, 6.07) is 5.84. The Morgan fingerprint density at radius 2 is 2.23 bits per heavy atom. The van der Waals surface area contributed by atoms with Gasteiger partial charge in [0.05, 0.1) is 5.69 Å². The van der Waals surface area contributed by atoms with E-state index in [1.54, 1.807) is 6.07 Å². The minimum absolute atomic E-state index is 0.115. The lowest BCUT2D eigenvalue weighted by Crippen LogP contribution is -2.20. The number of rotatable bonds is 3. The molecule has 0 saturated heterocycles. The Labute approximate surface area is 74.4 Å². The third kappa shape index (κ3) is 2.81. The van der Waals surface area contributed by atoms with E-state index in [2.05, 4.69) is 16.1 Å². The predicted molar refractivity (Wildman–Crippen MR) is 45.2 cm³/mol. The largest absolute Gasteiger partial charge is 0.322 e. The predicted octanol–water partition coefficient (Wildman–Crippen LogP) is 0.654. The lowest BCUT2D eigenvalue weighted by Gasteiger charge is -2.04. The fourth-order valence-electron chi connectivity index (χ4n) is 0.825. The summed E-state index contributed by atoms with van der Waals surface area (Å²) in [5, 5.41) is 2.29. The number of carbonyl (C=O) groups is 1. The van der Waals surface area contributed by atoms with Crippen molar-refractivity contribution in [2.45, 2.75) is 0 Å². The minimum atomic E-state index is -0.493. The van der Waals surface area contributed by atoms with E-state index in [0.29, 0.717) is 0 Å². The molecule has 1 rings (SSSR count). The second kappa shape index (κ2) is 4.54. The first-order valence-corrected chi connectivity index (χ1v) is 3.60. The van der Waals surface area contributed by atoms with Gasteiger partial charge in [-0.25, -0.2) is 10.3 Å². The second-order valence-electron chi connectivity index (χ2n) is 2.34. The maximum absolute atomic E-state index is 12.9. The van der Waals surface area contributed by atoms with Crippen molar-refractivity contribution in [3.8, 4) is 0 Å². The fraction of sp³-hybridized carbons (Fsp3) is 0.125. The highest BCUT2D eigenvalue weighted by molar-refractivity contribution is 5.91. The summed E-state index contributed by atoms with van der Waals surface area (Å²) >= 11 is 0. The first-order valence-electron chi connectivity index (χ1n) is 3.60. The molecule has 0 bridgehead atoms. The van der Waals surface area contributed by atoms with Gasteiger partial charge in [-0.05, 0) is 12.1 Å². The number of para-hydroxylation sites is 1. The van der Waals surface area contributed by atoms with Gasteiger partial charge < -0.3 is 5.32 Å². The molecule has 4 nitrogen and oxygen atoms in total. The monoisotopic (exact) mass is 184 g/mol. The fourth-order valence-corrected chi connectivity index (χ4v) is 0.825. The first-order chi connectivity index (χ1) is 6.24. The molecule has 0 heterocycles. The molecular formula is C8H9FN2O2. The van der Waals surface area contributed by atoms with Crippen LogP contribution in [0, 0.1) is 5.82 Å². The van der Waals surface area contributed by atoms with Crippen molar-refractivity contribution in [3.05, 3.63) is 30.1 Å². The number of nitrogens with one attached hydrogen (secondary N) is 1. The number of nitrogens with two attached hydrogens (primary N) is 1. The average Bonchev–Trinajstić information content (AvgIpc) is 2.09. The summed E-state index contributed by atoms with van der Waals surface area (Å²) in [5.41, 5.74) is 0.115. The van der Waals surface area contributed by atoms with Gasteiger partial charge in [0.25, 0.3) is 5.91 Å². The number of hydrogen-bond acceptors (Lipinski definition) is 3. The molecule has 1 aromatic carbocycles. The van der Waals surface area contributed by atoms with Gasteiger partial charge in [0.2, 0.25) is 0 Å². The van der Waals surface area contributed by atoms with Crippen LogP contribution >= 0.6 is 0 Å². The highest BCUT2D eigenvalue weighted by atomic mass is 19.1. The zero-order valence-corrected chi connectivity index (χ0v) is 6.79. The molecule has 13 heavy (non-hydrogen) atoms. The average molecular weight is 184 g/mol. The van der Waals surface area contributed by atoms with E-state index in [4.69, 9.17) is 0 Å². The van der Waals surface area contributed by atoms with E-state index in [1.807, 2.05) is 0 Å². The summed E-state index contributed by atoms with van der Waals surface area (Å²) in [5.74, 6) is 3.68. The molecule has 0 radical (unpaired) electrons. The number of benzene rings is 1. The van der Waals surface area contributed by atoms with Crippen LogP contribution in [0.5, 0.6) is 0 Å². The normalized spacial score (nSPS) is 9.69. The smallest absolute Gasteiger partial charge is 0.252 e. The van der Waals surface area contributed by atoms with Crippen LogP contribution in [0.15, 0.2) is 24.3 Å². The zero-order valence-electron chi connectivity index (χ0n) is 6.79. The van der Waals surface area contributed by atoms with Crippen LogP contribution in [0.1, 0.15) is 0 Å². The first kappa shape index (κ1) is 9.63. The van der Waals surface area contributed by atoms with Gasteiger partial charge in [-0.3, -0.25) is 9.63 Å². The van der Waals surface area contributed by atoms with Crippen molar-refractivity contribution in [1.82, 2.24) is 0 Å². The second-order valence-corrected chi connectivity index (χ2v) is 2.34. The van der Waals surface area contributed by atoms with Crippen molar-refractivity contribution >= 4 is 11.6 Å². The van der Waals surface area contributed by atoms with E-state index in [9.17, 15) is 9.18 Å². The molecule has 0 saturated carbocycles. The van der Waals surface area contributed by atoms with Gasteiger partial charge >= 0.3 is 0 Å². The molecule has 1 amide bonds.